The van der Waals surface area contributed by atoms with E-state index in [0.717, 1.165) is 12.0 Å². The third kappa shape index (κ3) is 1.24. The van der Waals surface area contributed by atoms with E-state index in [-0.39, 0.29) is 12.1 Å². The van der Waals surface area contributed by atoms with Gasteiger partial charge < -0.3 is 15.2 Å². The van der Waals surface area contributed by atoms with Crippen LogP contribution >= 0.6 is 11.3 Å². The van der Waals surface area contributed by atoms with Crippen molar-refractivity contribution >= 4 is 22.3 Å². The number of hydrogen-bond acceptors (Lipinski definition) is 5. The van der Waals surface area contributed by atoms with Gasteiger partial charge in [0.25, 0.3) is 0 Å². The standard InChI is InChI=1S/C9H11NO3S/c1-4-3-5-6(13-4)7(9(11)12-2)14-8(5)10/h4H,3,10H2,1-2H3. The minimum Gasteiger partial charge on any atom is -0.488 e. The molecule has 14 heavy (non-hydrogen) atoms. The first kappa shape index (κ1) is 9.33. The lowest BCUT2D eigenvalue weighted by atomic mass is 10.2. The zero-order chi connectivity index (χ0) is 10.3. The van der Waals surface area contributed by atoms with Crippen molar-refractivity contribution in [3.8, 4) is 5.75 Å². The van der Waals surface area contributed by atoms with Gasteiger partial charge in [0.1, 0.15) is 6.10 Å². The number of fused-ring (bicyclic) bond motifs is 1. The molecular formula is C9H11NO3S. The van der Waals surface area contributed by atoms with Gasteiger partial charge in [-0.15, -0.1) is 11.3 Å². The van der Waals surface area contributed by atoms with E-state index in [0.29, 0.717) is 15.6 Å². The summed E-state index contributed by atoms with van der Waals surface area (Å²) in [7, 11) is 1.35. The van der Waals surface area contributed by atoms with Gasteiger partial charge in [0.05, 0.1) is 12.1 Å². The summed E-state index contributed by atoms with van der Waals surface area (Å²) in [4.78, 5) is 11.8. The first-order valence-electron chi connectivity index (χ1n) is 4.29. The molecule has 0 amide bonds. The molecule has 0 fully saturated rings. The maximum absolute atomic E-state index is 11.3. The summed E-state index contributed by atoms with van der Waals surface area (Å²) in [6.07, 6.45) is 0.869. The Morgan fingerprint density at radius 1 is 1.71 bits per heavy atom. The molecular weight excluding hydrogens is 202 g/mol. The lowest BCUT2D eigenvalue weighted by Crippen LogP contribution is -2.08. The quantitative estimate of drug-likeness (QED) is 0.717. The van der Waals surface area contributed by atoms with E-state index >= 15 is 0 Å². The molecule has 0 aromatic carbocycles. The number of carbonyl (C=O) groups is 1. The Labute approximate surface area is 85.6 Å². The van der Waals surface area contributed by atoms with E-state index in [1.54, 1.807) is 0 Å². The summed E-state index contributed by atoms with van der Waals surface area (Å²) in [6, 6.07) is 0. The minimum atomic E-state index is -0.378. The van der Waals surface area contributed by atoms with Gasteiger partial charge in [0, 0.05) is 12.0 Å². The number of nitrogens with two attached hydrogens (primary N) is 1. The van der Waals surface area contributed by atoms with Crippen molar-refractivity contribution in [3.63, 3.8) is 0 Å². The second-order valence-corrected chi connectivity index (χ2v) is 4.28. The average molecular weight is 213 g/mol. The molecule has 0 spiro atoms. The van der Waals surface area contributed by atoms with Crippen LogP contribution in [-0.4, -0.2) is 19.2 Å². The fourth-order valence-corrected chi connectivity index (χ4v) is 2.49. The molecule has 0 saturated heterocycles. The summed E-state index contributed by atoms with van der Waals surface area (Å²) < 4.78 is 10.2. The third-order valence-electron chi connectivity index (χ3n) is 2.17. The number of rotatable bonds is 1. The number of ether oxygens (including phenoxy) is 2. The Kier molecular flexibility index (Phi) is 2.11. The molecule has 0 aliphatic carbocycles. The second-order valence-electron chi connectivity index (χ2n) is 3.23. The predicted molar refractivity (Wildman–Crippen MR) is 53.9 cm³/mol. The highest BCUT2D eigenvalue weighted by molar-refractivity contribution is 7.18. The van der Waals surface area contributed by atoms with Crippen LogP contribution in [0.5, 0.6) is 5.75 Å². The first-order chi connectivity index (χ1) is 6.63. The van der Waals surface area contributed by atoms with E-state index in [1.807, 2.05) is 6.92 Å². The van der Waals surface area contributed by atoms with Crippen molar-refractivity contribution in [2.24, 2.45) is 0 Å². The number of thiophene rings is 1. The molecule has 0 saturated carbocycles. The highest BCUT2D eigenvalue weighted by atomic mass is 32.1. The van der Waals surface area contributed by atoms with Crippen molar-refractivity contribution in [3.05, 3.63) is 10.4 Å². The van der Waals surface area contributed by atoms with Crippen LogP contribution in [0.4, 0.5) is 5.00 Å². The van der Waals surface area contributed by atoms with Gasteiger partial charge in [-0.2, -0.15) is 0 Å². The van der Waals surface area contributed by atoms with Crippen molar-refractivity contribution < 1.29 is 14.3 Å². The van der Waals surface area contributed by atoms with Gasteiger partial charge in [0.15, 0.2) is 10.6 Å². The zero-order valence-corrected chi connectivity index (χ0v) is 8.81. The summed E-state index contributed by atoms with van der Waals surface area (Å²) in [5, 5.41) is 0.657. The van der Waals surface area contributed by atoms with Crippen LogP contribution in [0.2, 0.25) is 0 Å². The molecule has 1 unspecified atom stereocenters. The first-order valence-corrected chi connectivity index (χ1v) is 5.11. The van der Waals surface area contributed by atoms with Gasteiger partial charge in [-0.05, 0) is 6.92 Å². The van der Waals surface area contributed by atoms with Gasteiger partial charge in [-0.3, -0.25) is 0 Å². The maximum atomic E-state index is 11.3. The van der Waals surface area contributed by atoms with E-state index in [1.165, 1.54) is 18.4 Å². The second kappa shape index (κ2) is 3.16. The van der Waals surface area contributed by atoms with Crippen LogP contribution in [0, 0.1) is 0 Å². The molecule has 4 nitrogen and oxygen atoms in total. The molecule has 1 aromatic heterocycles. The van der Waals surface area contributed by atoms with E-state index < -0.39 is 0 Å². The number of anilines is 1. The Morgan fingerprint density at radius 2 is 2.43 bits per heavy atom. The molecule has 0 radical (unpaired) electrons. The van der Waals surface area contributed by atoms with Crippen molar-refractivity contribution in [1.29, 1.82) is 0 Å². The largest absolute Gasteiger partial charge is 0.488 e. The summed E-state index contributed by atoms with van der Waals surface area (Å²) in [6.45, 7) is 1.95. The third-order valence-corrected chi connectivity index (χ3v) is 3.19. The van der Waals surface area contributed by atoms with Crippen LogP contribution in [0.1, 0.15) is 22.2 Å². The number of methoxy groups -OCH3 is 1. The molecule has 1 aromatic rings. The van der Waals surface area contributed by atoms with Gasteiger partial charge in [0.2, 0.25) is 0 Å². The smallest absolute Gasteiger partial charge is 0.351 e. The van der Waals surface area contributed by atoms with Crippen LogP contribution in [0.3, 0.4) is 0 Å². The van der Waals surface area contributed by atoms with Crippen molar-refractivity contribution in [2.45, 2.75) is 19.4 Å². The van der Waals surface area contributed by atoms with E-state index in [2.05, 4.69) is 4.74 Å². The Bertz CT molecular complexity index is 386. The summed E-state index contributed by atoms with van der Waals surface area (Å²) in [5.41, 5.74) is 6.73. The van der Waals surface area contributed by atoms with E-state index in [4.69, 9.17) is 10.5 Å². The molecule has 76 valence electrons. The number of esters is 1. The molecule has 1 atom stereocenters. The SMILES string of the molecule is COC(=O)c1sc(N)c2c1OC(C)C2. The van der Waals surface area contributed by atoms with Crippen LogP contribution in [0.15, 0.2) is 0 Å². The van der Waals surface area contributed by atoms with Crippen LogP contribution in [-0.2, 0) is 11.2 Å². The summed E-state index contributed by atoms with van der Waals surface area (Å²) >= 11 is 1.23. The molecule has 5 heteroatoms. The zero-order valence-electron chi connectivity index (χ0n) is 7.99. The Balaban J connectivity index is 2.45. The number of carbonyl (C=O) groups excluding carboxylic acids is 1. The lowest BCUT2D eigenvalue weighted by molar-refractivity contribution is 0.0601. The topological polar surface area (TPSA) is 61.5 Å². The normalized spacial score (nSPS) is 18.9. The predicted octanol–water partition coefficient (Wildman–Crippen LogP) is 1.44. The Morgan fingerprint density at radius 3 is 3.07 bits per heavy atom. The van der Waals surface area contributed by atoms with Crippen LogP contribution < -0.4 is 10.5 Å². The maximum Gasteiger partial charge on any atom is 0.351 e. The highest BCUT2D eigenvalue weighted by Crippen LogP contribution is 2.43. The van der Waals surface area contributed by atoms with Crippen LogP contribution in [0.25, 0.3) is 0 Å². The fourth-order valence-electron chi connectivity index (χ4n) is 1.54. The molecule has 1 aliphatic rings. The minimum absolute atomic E-state index is 0.0964. The summed E-state index contributed by atoms with van der Waals surface area (Å²) in [5.74, 6) is 0.240. The molecule has 2 rings (SSSR count). The van der Waals surface area contributed by atoms with Gasteiger partial charge >= 0.3 is 5.97 Å². The monoisotopic (exact) mass is 213 g/mol. The Hall–Kier alpha value is -1.23. The lowest BCUT2D eigenvalue weighted by Gasteiger charge is -2.04. The number of nitrogen functional groups attached to an aromatic ring is 1. The molecule has 0 bridgehead atoms. The van der Waals surface area contributed by atoms with Crippen molar-refractivity contribution in [2.75, 3.05) is 12.8 Å². The highest BCUT2D eigenvalue weighted by Gasteiger charge is 2.30. The average Bonchev–Trinajstić information content (AvgIpc) is 2.65. The molecule has 2 N–H and O–H groups in total. The number of hydrogen-bond donors (Lipinski definition) is 1. The molecule has 1 aliphatic heterocycles. The fraction of sp³-hybridized carbons (Fsp3) is 0.444. The van der Waals surface area contributed by atoms with Gasteiger partial charge in [-0.25, -0.2) is 4.79 Å². The van der Waals surface area contributed by atoms with E-state index in [9.17, 15) is 4.79 Å². The van der Waals surface area contributed by atoms with Gasteiger partial charge in [-0.1, -0.05) is 0 Å². The molecule has 2 heterocycles. The van der Waals surface area contributed by atoms with Crippen molar-refractivity contribution in [1.82, 2.24) is 0 Å².